The van der Waals surface area contributed by atoms with Gasteiger partial charge in [-0.15, -0.1) is 0 Å². The van der Waals surface area contributed by atoms with Crippen molar-refractivity contribution >= 4 is 21.8 Å². The number of aliphatic hydroxyl groups excluding tert-OH is 1. The van der Waals surface area contributed by atoms with Gasteiger partial charge in [-0.2, -0.15) is 0 Å². The number of nitrogens with zero attached hydrogens (tertiary/aromatic N) is 2. The van der Waals surface area contributed by atoms with Gasteiger partial charge in [0.2, 0.25) is 0 Å². The molecule has 14 heavy (non-hydrogen) atoms. The molecule has 1 fully saturated rings. The van der Waals surface area contributed by atoms with E-state index in [1.807, 2.05) is 0 Å². The third kappa shape index (κ3) is 1.78. The summed E-state index contributed by atoms with van der Waals surface area (Å²) in [6.45, 7) is 0.859. The number of carbonyl (C=O) groups is 1. The number of pyridine rings is 1. The molecule has 0 spiro atoms. The van der Waals surface area contributed by atoms with Crippen LogP contribution in [0.15, 0.2) is 22.9 Å². The highest BCUT2D eigenvalue weighted by atomic mass is 79.9. The Kier molecular flexibility index (Phi) is 2.52. The molecule has 2 rings (SSSR count). The lowest BCUT2D eigenvalue weighted by Crippen LogP contribution is -2.53. The van der Waals surface area contributed by atoms with E-state index in [1.165, 1.54) is 0 Å². The minimum Gasteiger partial charge on any atom is -0.389 e. The molecule has 1 aromatic heterocycles. The average molecular weight is 257 g/mol. The van der Waals surface area contributed by atoms with E-state index in [1.54, 1.807) is 23.2 Å². The van der Waals surface area contributed by atoms with Crippen LogP contribution in [0.5, 0.6) is 0 Å². The van der Waals surface area contributed by atoms with Crippen LogP contribution in [0.2, 0.25) is 0 Å². The van der Waals surface area contributed by atoms with Gasteiger partial charge in [-0.25, -0.2) is 4.98 Å². The second kappa shape index (κ2) is 3.67. The second-order valence-electron chi connectivity index (χ2n) is 3.23. The SMILES string of the molecule is O=C(c1ccnc(Br)c1)N1CC(O)C1. The summed E-state index contributed by atoms with van der Waals surface area (Å²) < 4.78 is 0.643. The van der Waals surface area contributed by atoms with E-state index in [9.17, 15) is 4.79 Å². The van der Waals surface area contributed by atoms with Crippen LogP contribution in [0, 0.1) is 0 Å². The number of hydrogen-bond donors (Lipinski definition) is 1. The zero-order chi connectivity index (χ0) is 10.1. The van der Waals surface area contributed by atoms with Crippen molar-refractivity contribution in [1.29, 1.82) is 0 Å². The average Bonchev–Trinajstić information content (AvgIpc) is 2.12. The molecule has 0 bridgehead atoms. The van der Waals surface area contributed by atoms with Crippen LogP contribution in [-0.4, -0.2) is 40.1 Å². The van der Waals surface area contributed by atoms with Gasteiger partial charge in [0.1, 0.15) is 4.60 Å². The number of β-amino-alcohol motifs (C(OH)–C–C–N with tert-alkyl or cyclic N) is 1. The molecule has 4 nitrogen and oxygen atoms in total. The minimum absolute atomic E-state index is 0.0570. The van der Waals surface area contributed by atoms with Gasteiger partial charge in [-0.3, -0.25) is 4.79 Å². The molecule has 0 aromatic carbocycles. The Bertz CT molecular complexity index is 364. The Balaban J connectivity index is 2.12. The predicted molar refractivity (Wildman–Crippen MR) is 53.8 cm³/mol. The van der Waals surface area contributed by atoms with Gasteiger partial charge in [0.15, 0.2) is 0 Å². The lowest BCUT2D eigenvalue weighted by Gasteiger charge is -2.35. The van der Waals surface area contributed by atoms with Crippen molar-refractivity contribution < 1.29 is 9.90 Å². The van der Waals surface area contributed by atoms with Gasteiger partial charge in [-0.1, -0.05) is 0 Å². The van der Waals surface area contributed by atoms with E-state index in [-0.39, 0.29) is 12.0 Å². The van der Waals surface area contributed by atoms with Crippen molar-refractivity contribution in [2.75, 3.05) is 13.1 Å². The zero-order valence-corrected chi connectivity index (χ0v) is 8.94. The maximum atomic E-state index is 11.7. The smallest absolute Gasteiger partial charge is 0.254 e. The van der Waals surface area contributed by atoms with Crippen LogP contribution in [-0.2, 0) is 0 Å². The third-order valence-corrected chi connectivity index (χ3v) is 2.56. The standard InChI is InChI=1S/C9H9BrN2O2/c10-8-3-6(1-2-11-8)9(14)12-4-7(13)5-12/h1-3,7,13H,4-5H2. The molecule has 1 N–H and O–H groups in total. The molecule has 1 saturated heterocycles. The molecular formula is C9H9BrN2O2. The Morgan fingerprint density at radius 3 is 2.93 bits per heavy atom. The van der Waals surface area contributed by atoms with E-state index in [0.717, 1.165) is 0 Å². The molecule has 1 aliphatic heterocycles. The molecule has 74 valence electrons. The number of rotatable bonds is 1. The molecule has 1 aromatic rings. The maximum absolute atomic E-state index is 11.7. The largest absolute Gasteiger partial charge is 0.389 e. The van der Waals surface area contributed by atoms with E-state index in [4.69, 9.17) is 5.11 Å². The van der Waals surface area contributed by atoms with E-state index in [0.29, 0.717) is 23.3 Å². The van der Waals surface area contributed by atoms with Crippen LogP contribution >= 0.6 is 15.9 Å². The molecule has 1 aliphatic rings. The van der Waals surface area contributed by atoms with Gasteiger partial charge in [0.25, 0.3) is 5.91 Å². The summed E-state index contributed by atoms with van der Waals surface area (Å²) >= 11 is 3.20. The van der Waals surface area contributed by atoms with E-state index in [2.05, 4.69) is 20.9 Å². The molecule has 2 heterocycles. The van der Waals surface area contributed by atoms with Crippen molar-refractivity contribution in [3.05, 3.63) is 28.5 Å². The number of carbonyl (C=O) groups excluding carboxylic acids is 1. The summed E-state index contributed by atoms with van der Waals surface area (Å²) in [6.07, 6.45) is 1.22. The highest BCUT2D eigenvalue weighted by Crippen LogP contribution is 2.15. The van der Waals surface area contributed by atoms with Crippen LogP contribution in [0.4, 0.5) is 0 Å². The van der Waals surface area contributed by atoms with Crippen LogP contribution < -0.4 is 0 Å². The summed E-state index contributed by atoms with van der Waals surface area (Å²) in [6, 6.07) is 3.34. The highest BCUT2D eigenvalue weighted by molar-refractivity contribution is 9.10. The molecule has 0 aliphatic carbocycles. The van der Waals surface area contributed by atoms with Gasteiger partial charge in [0, 0.05) is 24.8 Å². The summed E-state index contributed by atoms with van der Waals surface area (Å²) in [7, 11) is 0. The third-order valence-electron chi connectivity index (χ3n) is 2.12. The molecule has 0 unspecified atom stereocenters. The summed E-state index contributed by atoms with van der Waals surface area (Å²) in [5, 5.41) is 9.05. The zero-order valence-electron chi connectivity index (χ0n) is 7.35. The Hall–Kier alpha value is -0.940. The molecule has 5 heteroatoms. The highest BCUT2D eigenvalue weighted by Gasteiger charge is 2.29. The number of aromatic nitrogens is 1. The van der Waals surface area contributed by atoms with Gasteiger partial charge >= 0.3 is 0 Å². The van der Waals surface area contributed by atoms with E-state index >= 15 is 0 Å². The number of amides is 1. The molecule has 0 radical (unpaired) electrons. The summed E-state index contributed by atoms with van der Waals surface area (Å²) in [4.78, 5) is 17.2. The van der Waals surface area contributed by atoms with Crippen molar-refractivity contribution in [2.24, 2.45) is 0 Å². The molecular weight excluding hydrogens is 248 g/mol. The lowest BCUT2D eigenvalue weighted by molar-refractivity contribution is 0.00588. The van der Waals surface area contributed by atoms with Gasteiger partial charge in [-0.05, 0) is 28.1 Å². The molecule has 1 amide bonds. The van der Waals surface area contributed by atoms with Crippen molar-refractivity contribution in [3.63, 3.8) is 0 Å². The normalized spacial score (nSPS) is 16.6. The lowest BCUT2D eigenvalue weighted by atomic mass is 10.1. The quantitative estimate of drug-likeness (QED) is 0.752. The van der Waals surface area contributed by atoms with Gasteiger partial charge < -0.3 is 10.0 Å². The van der Waals surface area contributed by atoms with Crippen LogP contribution in [0.25, 0.3) is 0 Å². The fraction of sp³-hybridized carbons (Fsp3) is 0.333. The Morgan fingerprint density at radius 1 is 1.64 bits per heavy atom. The van der Waals surface area contributed by atoms with Crippen LogP contribution in [0.1, 0.15) is 10.4 Å². The molecule has 0 atom stereocenters. The number of aliphatic hydroxyl groups is 1. The van der Waals surface area contributed by atoms with Crippen LogP contribution in [0.3, 0.4) is 0 Å². The monoisotopic (exact) mass is 256 g/mol. The first-order valence-corrected chi connectivity index (χ1v) is 5.05. The first kappa shape index (κ1) is 9.61. The fourth-order valence-corrected chi connectivity index (χ4v) is 1.70. The predicted octanol–water partition coefficient (Wildman–Crippen LogP) is 0.661. The van der Waals surface area contributed by atoms with Crippen molar-refractivity contribution in [2.45, 2.75) is 6.10 Å². The maximum Gasteiger partial charge on any atom is 0.254 e. The number of likely N-dealkylation sites (tertiary alicyclic amines) is 1. The van der Waals surface area contributed by atoms with Crippen molar-refractivity contribution in [3.8, 4) is 0 Å². The topological polar surface area (TPSA) is 53.4 Å². The summed E-state index contributed by atoms with van der Waals surface area (Å²) in [5.74, 6) is -0.0570. The van der Waals surface area contributed by atoms with Gasteiger partial charge in [0.05, 0.1) is 6.10 Å². The second-order valence-corrected chi connectivity index (χ2v) is 4.04. The first-order chi connectivity index (χ1) is 6.66. The first-order valence-electron chi connectivity index (χ1n) is 4.26. The Labute approximate surface area is 89.7 Å². The Morgan fingerprint density at radius 2 is 2.36 bits per heavy atom. The number of hydrogen-bond acceptors (Lipinski definition) is 3. The summed E-state index contributed by atoms with van der Waals surface area (Å²) in [5.41, 5.74) is 0.596. The van der Waals surface area contributed by atoms with E-state index < -0.39 is 0 Å². The van der Waals surface area contributed by atoms with Crippen molar-refractivity contribution in [1.82, 2.24) is 9.88 Å². The fourth-order valence-electron chi connectivity index (χ4n) is 1.34. The number of halogens is 1. The minimum atomic E-state index is -0.357. The molecule has 0 saturated carbocycles.